The number of carbonyl (C=O) groups excluding carboxylic acids is 1. The Balaban J connectivity index is 2.02. The third-order valence-corrected chi connectivity index (χ3v) is 2.99. The van der Waals surface area contributed by atoms with E-state index in [0.29, 0.717) is 18.4 Å². The van der Waals surface area contributed by atoms with E-state index in [1.807, 2.05) is 0 Å². The Hall–Kier alpha value is -2.56. The summed E-state index contributed by atoms with van der Waals surface area (Å²) in [7, 11) is 0. The lowest BCUT2D eigenvalue weighted by atomic mass is 10.1. The van der Waals surface area contributed by atoms with Gasteiger partial charge in [0.2, 0.25) is 0 Å². The number of hydrogen-bond acceptors (Lipinski definition) is 4. The van der Waals surface area contributed by atoms with E-state index in [1.54, 1.807) is 0 Å². The molecule has 0 spiro atoms. The molecule has 94 valence electrons. The molecule has 0 atom stereocenters. The third kappa shape index (κ3) is 2.22. The maximum Gasteiger partial charge on any atom is 0.185 e. The summed E-state index contributed by atoms with van der Waals surface area (Å²) >= 11 is 0. The Kier molecular flexibility index (Phi) is 2.79. The Bertz CT molecular complexity index is 731. The molecule has 0 aliphatic carbocycles. The predicted molar refractivity (Wildman–Crippen MR) is 71.1 cm³/mol. The van der Waals surface area contributed by atoms with Gasteiger partial charge in [-0.25, -0.2) is 15.0 Å². The number of aromatic amines is 1. The topological polar surface area (TPSA) is 71.5 Å². The molecule has 3 aromatic rings. The number of fused-ring (bicyclic) bond motifs is 1. The lowest BCUT2D eigenvalue weighted by molar-refractivity contribution is 0.111. The van der Waals surface area contributed by atoms with Crippen molar-refractivity contribution in [2.24, 2.45) is 0 Å². The maximum absolute atomic E-state index is 10.7. The fourth-order valence-electron chi connectivity index (χ4n) is 1.98. The van der Waals surface area contributed by atoms with Crippen LogP contribution in [0, 0.1) is 6.92 Å². The molecule has 0 unspecified atom stereocenters. The molecule has 3 rings (SSSR count). The SMILES string of the molecule is Cc1ccc(Cc2ncnc3nc(C=O)[nH]c23)cc1. The van der Waals surface area contributed by atoms with Crippen molar-refractivity contribution in [3.05, 3.63) is 53.2 Å². The minimum Gasteiger partial charge on any atom is -0.333 e. The average molecular weight is 252 g/mol. The second-order valence-electron chi connectivity index (χ2n) is 4.42. The summed E-state index contributed by atoms with van der Waals surface area (Å²) < 4.78 is 0. The number of rotatable bonds is 3. The molecule has 0 aliphatic heterocycles. The average Bonchev–Trinajstić information content (AvgIpc) is 2.85. The van der Waals surface area contributed by atoms with Gasteiger partial charge < -0.3 is 4.98 Å². The minimum atomic E-state index is 0.278. The van der Waals surface area contributed by atoms with E-state index < -0.39 is 0 Å². The molecule has 0 saturated heterocycles. The summed E-state index contributed by atoms with van der Waals surface area (Å²) in [4.78, 5) is 26.1. The van der Waals surface area contributed by atoms with Crippen LogP contribution in [0.15, 0.2) is 30.6 Å². The van der Waals surface area contributed by atoms with Gasteiger partial charge in [-0.2, -0.15) is 0 Å². The predicted octanol–water partition coefficient (Wildman–Crippen LogP) is 2.06. The molecule has 19 heavy (non-hydrogen) atoms. The van der Waals surface area contributed by atoms with Crippen LogP contribution in [-0.2, 0) is 6.42 Å². The zero-order valence-corrected chi connectivity index (χ0v) is 10.4. The van der Waals surface area contributed by atoms with Gasteiger partial charge in [0.05, 0.1) is 5.69 Å². The van der Waals surface area contributed by atoms with Crippen LogP contribution in [0.3, 0.4) is 0 Å². The number of aryl methyl sites for hydroxylation is 1. The van der Waals surface area contributed by atoms with Crippen LogP contribution in [0.4, 0.5) is 0 Å². The Morgan fingerprint density at radius 3 is 2.74 bits per heavy atom. The van der Waals surface area contributed by atoms with Crippen molar-refractivity contribution in [1.29, 1.82) is 0 Å². The van der Waals surface area contributed by atoms with Crippen molar-refractivity contribution >= 4 is 17.5 Å². The summed E-state index contributed by atoms with van der Waals surface area (Å²) in [5.74, 6) is 0.278. The third-order valence-electron chi connectivity index (χ3n) is 2.99. The van der Waals surface area contributed by atoms with Crippen molar-refractivity contribution in [1.82, 2.24) is 19.9 Å². The van der Waals surface area contributed by atoms with E-state index in [2.05, 4.69) is 51.1 Å². The van der Waals surface area contributed by atoms with Crippen molar-refractivity contribution < 1.29 is 4.79 Å². The molecule has 2 heterocycles. The highest BCUT2D eigenvalue weighted by Crippen LogP contribution is 2.15. The first-order valence-electron chi connectivity index (χ1n) is 5.96. The number of aromatic nitrogens is 4. The number of H-pyrrole nitrogens is 1. The second kappa shape index (κ2) is 4.61. The summed E-state index contributed by atoms with van der Waals surface area (Å²) in [5, 5.41) is 0. The molecule has 1 N–H and O–H groups in total. The number of benzene rings is 1. The highest BCUT2D eigenvalue weighted by atomic mass is 16.1. The fraction of sp³-hybridized carbons (Fsp3) is 0.143. The smallest absolute Gasteiger partial charge is 0.185 e. The molecule has 0 amide bonds. The maximum atomic E-state index is 10.7. The number of carbonyl (C=O) groups is 1. The van der Waals surface area contributed by atoms with E-state index >= 15 is 0 Å². The van der Waals surface area contributed by atoms with E-state index in [4.69, 9.17) is 0 Å². The van der Waals surface area contributed by atoms with Crippen LogP contribution in [-0.4, -0.2) is 26.2 Å². The van der Waals surface area contributed by atoms with Crippen molar-refractivity contribution in [3.8, 4) is 0 Å². The molecule has 0 radical (unpaired) electrons. The normalized spacial score (nSPS) is 10.8. The molecule has 0 aliphatic rings. The Labute approximate surface area is 109 Å². The number of hydrogen-bond donors (Lipinski definition) is 1. The molecule has 0 saturated carbocycles. The molecule has 0 bridgehead atoms. The van der Waals surface area contributed by atoms with Gasteiger partial charge in [-0.15, -0.1) is 0 Å². The first-order valence-corrected chi connectivity index (χ1v) is 5.96. The number of aldehydes is 1. The molecule has 2 aromatic heterocycles. The van der Waals surface area contributed by atoms with Gasteiger partial charge in [-0.05, 0) is 12.5 Å². The molecule has 0 fully saturated rings. The van der Waals surface area contributed by atoms with E-state index in [9.17, 15) is 4.79 Å². The highest BCUT2D eigenvalue weighted by Gasteiger charge is 2.09. The molecule has 5 nitrogen and oxygen atoms in total. The number of imidazole rings is 1. The number of nitrogens with zero attached hydrogens (tertiary/aromatic N) is 3. The van der Waals surface area contributed by atoms with Gasteiger partial charge in [0.25, 0.3) is 0 Å². The van der Waals surface area contributed by atoms with E-state index in [0.717, 1.165) is 16.8 Å². The lowest BCUT2D eigenvalue weighted by Gasteiger charge is -2.02. The van der Waals surface area contributed by atoms with Gasteiger partial charge >= 0.3 is 0 Å². The van der Waals surface area contributed by atoms with Crippen LogP contribution in [0.25, 0.3) is 11.2 Å². The van der Waals surface area contributed by atoms with Crippen LogP contribution < -0.4 is 0 Å². The Morgan fingerprint density at radius 1 is 1.21 bits per heavy atom. The van der Waals surface area contributed by atoms with Crippen LogP contribution >= 0.6 is 0 Å². The number of nitrogens with one attached hydrogen (secondary N) is 1. The largest absolute Gasteiger partial charge is 0.333 e. The van der Waals surface area contributed by atoms with E-state index in [1.165, 1.54) is 11.9 Å². The zero-order valence-electron chi connectivity index (χ0n) is 10.4. The van der Waals surface area contributed by atoms with Gasteiger partial charge in [-0.1, -0.05) is 29.8 Å². The summed E-state index contributed by atoms with van der Waals surface area (Å²) in [5.41, 5.74) is 4.48. The molecular weight excluding hydrogens is 240 g/mol. The summed E-state index contributed by atoms with van der Waals surface area (Å²) in [6.45, 7) is 2.05. The summed E-state index contributed by atoms with van der Waals surface area (Å²) in [6, 6.07) is 8.27. The second-order valence-corrected chi connectivity index (χ2v) is 4.42. The molecule has 5 heteroatoms. The minimum absolute atomic E-state index is 0.278. The van der Waals surface area contributed by atoms with Gasteiger partial charge in [0.1, 0.15) is 11.8 Å². The van der Waals surface area contributed by atoms with E-state index in [-0.39, 0.29) is 5.82 Å². The standard InChI is InChI=1S/C14H12N4O/c1-9-2-4-10(5-3-9)6-11-13-14(16-8-15-11)18-12(7-19)17-13/h2-5,7-8H,6H2,1H3,(H,15,16,17,18). The first-order chi connectivity index (χ1) is 9.26. The van der Waals surface area contributed by atoms with Crippen molar-refractivity contribution in [3.63, 3.8) is 0 Å². The van der Waals surface area contributed by atoms with Crippen LogP contribution in [0.2, 0.25) is 0 Å². The fourth-order valence-corrected chi connectivity index (χ4v) is 1.98. The van der Waals surface area contributed by atoms with Gasteiger partial charge in [-0.3, -0.25) is 4.79 Å². The Morgan fingerprint density at radius 2 is 2.00 bits per heavy atom. The van der Waals surface area contributed by atoms with Crippen LogP contribution in [0.5, 0.6) is 0 Å². The summed E-state index contributed by atoms with van der Waals surface area (Å²) in [6.07, 6.45) is 2.83. The highest BCUT2D eigenvalue weighted by molar-refractivity contribution is 5.80. The monoisotopic (exact) mass is 252 g/mol. The lowest BCUT2D eigenvalue weighted by Crippen LogP contribution is -1.95. The van der Waals surface area contributed by atoms with Crippen LogP contribution in [0.1, 0.15) is 27.4 Å². The zero-order chi connectivity index (χ0) is 13.2. The quantitative estimate of drug-likeness (QED) is 0.724. The first kappa shape index (κ1) is 11.5. The molecule has 1 aromatic carbocycles. The molecular formula is C14H12N4O. The van der Waals surface area contributed by atoms with Gasteiger partial charge in [0, 0.05) is 6.42 Å². The van der Waals surface area contributed by atoms with Gasteiger partial charge in [0.15, 0.2) is 17.8 Å². The van der Waals surface area contributed by atoms with Crippen molar-refractivity contribution in [2.45, 2.75) is 13.3 Å². The van der Waals surface area contributed by atoms with Crippen molar-refractivity contribution in [2.75, 3.05) is 0 Å².